The highest BCUT2D eigenvalue weighted by atomic mass is 32.2. The molecule has 2 amide bonds. The van der Waals surface area contributed by atoms with Gasteiger partial charge in [-0.15, -0.1) is 9.09 Å². The fourth-order valence-corrected chi connectivity index (χ4v) is 5.87. The van der Waals surface area contributed by atoms with Crippen molar-refractivity contribution in [3.8, 4) is 6.07 Å². The third-order valence-electron chi connectivity index (χ3n) is 6.42. The number of carbonyl (C=O) groups excluding carboxylic acids is 2. The maximum atomic E-state index is 13.4. The fourth-order valence-electron chi connectivity index (χ4n) is 4.46. The van der Waals surface area contributed by atoms with Gasteiger partial charge in [0.25, 0.3) is 27.0 Å². The minimum Gasteiger partial charge on any atom is -0.352 e. The first-order chi connectivity index (χ1) is 23.6. The van der Waals surface area contributed by atoms with Crippen LogP contribution < -0.4 is 37.1 Å². The first-order valence-electron chi connectivity index (χ1n) is 13.5. The van der Waals surface area contributed by atoms with Crippen molar-refractivity contribution in [1.29, 1.82) is 5.26 Å². The zero-order chi connectivity index (χ0) is 39.9. The number of rotatable bonds is 6. The Kier molecular flexibility index (Phi) is 10.9. The van der Waals surface area contributed by atoms with Gasteiger partial charge in [0.1, 0.15) is 0 Å². The topological polar surface area (TPSA) is 263 Å². The number of hydrogen-bond acceptors (Lipinski definition) is 11. The molecule has 2 aromatic heterocycles. The number of carbonyl (C=O) groups is 2. The molecule has 52 heavy (non-hydrogen) atoms. The Bertz CT molecular complexity index is 2660. The van der Waals surface area contributed by atoms with E-state index in [9.17, 15) is 71.9 Å². The summed E-state index contributed by atoms with van der Waals surface area (Å²) in [4.78, 5) is 77.0. The van der Waals surface area contributed by atoms with Crippen LogP contribution >= 0.6 is 0 Å². The molecule has 0 spiro atoms. The maximum Gasteiger partial charge on any atom is 0.417 e. The largest absolute Gasteiger partial charge is 0.417 e. The van der Waals surface area contributed by atoms with Crippen LogP contribution in [-0.4, -0.2) is 60.5 Å². The van der Waals surface area contributed by atoms with E-state index in [-0.39, 0.29) is 13.8 Å². The third kappa shape index (κ3) is 8.84. The molecule has 2 heterocycles. The van der Waals surface area contributed by atoms with Crippen LogP contribution in [0, 0.1) is 11.3 Å². The van der Waals surface area contributed by atoms with Gasteiger partial charge >= 0.3 is 23.7 Å². The molecule has 0 aliphatic heterocycles. The highest BCUT2D eigenvalue weighted by Gasteiger charge is 2.36. The van der Waals surface area contributed by atoms with Crippen LogP contribution in [0.5, 0.6) is 0 Å². The molecule has 4 N–H and O–H groups in total. The lowest BCUT2D eigenvalue weighted by Gasteiger charge is -2.20. The molecule has 18 nitrogen and oxygen atoms in total. The molecular formula is C26H22F6N8O10S2. The number of fused-ring (bicyclic) bond motifs is 2. The van der Waals surface area contributed by atoms with E-state index < -0.39 is 117 Å². The number of nitriles is 1. The van der Waals surface area contributed by atoms with Gasteiger partial charge in [-0.05, 0) is 29.8 Å². The van der Waals surface area contributed by atoms with Gasteiger partial charge in [0.15, 0.2) is 0 Å². The maximum absolute atomic E-state index is 13.4. The van der Waals surface area contributed by atoms with Gasteiger partial charge in [0.05, 0.1) is 57.1 Å². The fraction of sp³-hybridized carbons (Fsp3) is 0.269. The van der Waals surface area contributed by atoms with Gasteiger partial charge in [-0.2, -0.15) is 36.3 Å². The predicted octanol–water partition coefficient (Wildman–Crippen LogP) is -0.128. The van der Waals surface area contributed by atoms with Crippen LogP contribution in [0.2, 0.25) is 0 Å². The first kappa shape index (κ1) is 40.5. The van der Waals surface area contributed by atoms with Crippen molar-refractivity contribution in [3.63, 3.8) is 0 Å². The van der Waals surface area contributed by atoms with E-state index in [1.54, 1.807) is 4.83 Å². The summed E-state index contributed by atoms with van der Waals surface area (Å²) in [6.07, 6.45) is -8.49. The minimum atomic E-state index is -4.87. The van der Waals surface area contributed by atoms with Crippen LogP contribution in [0.15, 0.2) is 43.4 Å². The van der Waals surface area contributed by atoms with Crippen molar-refractivity contribution in [1.82, 2.24) is 24.6 Å². The highest BCUT2D eigenvalue weighted by Crippen LogP contribution is 2.34. The summed E-state index contributed by atoms with van der Waals surface area (Å²) in [6, 6.07) is 3.65. The number of amides is 2. The van der Waals surface area contributed by atoms with E-state index >= 15 is 0 Å². The number of nitrogens with one attached hydrogen (secondary N) is 4. The predicted molar refractivity (Wildman–Crippen MR) is 168 cm³/mol. The number of nitrogens with zero attached hydrogens (tertiary/aromatic N) is 4. The van der Waals surface area contributed by atoms with Gasteiger partial charge in [-0.3, -0.25) is 19.2 Å². The minimum absolute atomic E-state index is 0.0184. The number of aromatic amines is 2. The molecule has 0 radical (unpaired) electrons. The smallest absolute Gasteiger partial charge is 0.352 e. The van der Waals surface area contributed by atoms with E-state index in [1.807, 2.05) is 9.97 Å². The van der Waals surface area contributed by atoms with E-state index in [0.29, 0.717) is 30.7 Å². The van der Waals surface area contributed by atoms with Gasteiger partial charge in [0, 0.05) is 20.4 Å². The average Bonchev–Trinajstić information content (AvgIpc) is 2.97. The van der Waals surface area contributed by atoms with Crippen LogP contribution in [0.3, 0.4) is 0 Å². The summed E-state index contributed by atoms with van der Waals surface area (Å²) in [6.45, 7) is 1.28. The highest BCUT2D eigenvalue weighted by molar-refractivity contribution is 7.92. The Labute approximate surface area is 284 Å². The Morgan fingerprint density at radius 3 is 1.77 bits per heavy atom. The van der Waals surface area contributed by atoms with Crippen molar-refractivity contribution in [2.75, 3.05) is 21.8 Å². The summed E-state index contributed by atoms with van der Waals surface area (Å²) in [5.41, 5.74) is -10.1. The molecule has 0 aliphatic carbocycles. The molecule has 4 aromatic rings. The van der Waals surface area contributed by atoms with Crippen molar-refractivity contribution < 1.29 is 52.8 Å². The van der Waals surface area contributed by atoms with Gasteiger partial charge in [-0.1, -0.05) is 0 Å². The first-order valence-corrected chi connectivity index (χ1v) is 17.2. The molecule has 0 saturated carbocycles. The van der Waals surface area contributed by atoms with Crippen molar-refractivity contribution in [2.24, 2.45) is 0 Å². The quantitative estimate of drug-likeness (QED) is 0.187. The Balaban J connectivity index is 0.000000288. The Morgan fingerprint density at radius 2 is 1.33 bits per heavy atom. The monoisotopic (exact) mass is 784 g/mol. The number of aromatic nitrogens is 4. The summed E-state index contributed by atoms with van der Waals surface area (Å²) < 4.78 is 125. The van der Waals surface area contributed by atoms with Gasteiger partial charge < -0.3 is 15.3 Å². The SMILES string of the molecule is CC(=O)NCc1cc2c(=O)n(N(C(C)=O)S(C)(=O)=O)c(=O)[nH]c2cc1C(F)(F)F.CS(=O)(=O)Nn1c(=O)[nH]c2cc(C(F)(F)F)c(C#N)cc2c1=O. The molecule has 0 aliphatic rings. The Morgan fingerprint density at radius 1 is 0.827 bits per heavy atom. The Hall–Kier alpha value is -5.97. The van der Waals surface area contributed by atoms with E-state index in [0.717, 1.165) is 19.9 Å². The van der Waals surface area contributed by atoms with Gasteiger partial charge in [-0.25, -0.2) is 31.3 Å². The molecule has 0 unspecified atom stereocenters. The molecular weight excluding hydrogens is 762 g/mol. The number of benzene rings is 2. The summed E-state index contributed by atoms with van der Waals surface area (Å²) in [5.74, 6) is -1.82. The molecule has 4 rings (SSSR count). The lowest BCUT2D eigenvalue weighted by molar-refractivity contribution is -0.138. The van der Waals surface area contributed by atoms with Crippen LogP contribution in [0.1, 0.15) is 36.1 Å². The normalized spacial score (nSPS) is 12.1. The van der Waals surface area contributed by atoms with Crippen molar-refractivity contribution >= 4 is 53.7 Å². The van der Waals surface area contributed by atoms with Gasteiger partial charge in [0.2, 0.25) is 15.9 Å². The molecule has 280 valence electrons. The van der Waals surface area contributed by atoms with E-state index in [2.05, 4.69) is 5.32 Å². The second kappa shape index (κ2) is 14.0. The third-order valence-corrected chi connectivity index (χ3v) is 7.98. The standard InChI is InChI=1S/C15H15F3N4O6S.C11H7F3N4O4S/c1-7(23)19-6-9-4-10-12(5-11(9)15(16,17)18)20-14(26)21(13(10)25)22(8(2)24)29(3,27)28;1-23(21,22)17-18-9(19)6-2-5(4-15)7(11(12,13)14)3-8(6)16-10(18)20/h4-5H,6H2,1-3H3,(H,19,23)(H,20,26);2-3,17H,1H3,(H,16,20). The average molecular weight is 785 g/mol. The summed E-state index contributed by atoms with van der Waals surface area (Å²) in [5, 5.41) is 10.0. The molecule has 0 bridgehead atoms. The number of halogens is 6. The van der Waals surface area contributed by atoms with Crippen molar-refractivity contribution in [2.45, 2.75) is 32.7 Å². The molecule has 2 aromatic carbocycles. The molecule has 0 fully saturated rings. The number of hydrogen-bond donors (Lipinski definition) is 4. The second-order valence-electron chi connectivity index (χ2n) is 10.5. The van der Waals surface area contributed by atoms with Crippen molar-refractivity contribution in [3.05, 3.63) is 88.2 Å². The zero-order valence-corrected chi connectivity index (χ0v) is 28.1. The summed E-state index contributed by atoms with van der Waals surface area (Å²) in [7, 11) is -8.39. The number of alkyl halides is 6. The zero-order valence-electron chi connectivity index (χ0n) is 26.5. The van der Waals surface area contributed by atoms with Crippen LogP contribution in [-0.2, 0) is 48.5 Å². The van der Waals surface area contributed by atoms with E-state index in [4.69, 9.17) is 5.26 Å². The summed E-state index contributed by atoms with van der Waals surface area (Å²) >= 11 is 0. The van der Waals surface area contributed by atoms with E-state index in [1.165, 1.54) is 6.07 Å². The number of H-pyrrole nitrogens is 2. The molecule has 0 atom stereocenters. The molecule has 26 heteroatoms. The molecule has 0 saturated heterocycles. The number of sulfonamides is 2. The lowest BCUT2D eigenvalue weighted by atomic mass is 10.0. The second-order valence-corrected chi connectivity index (χ2v) is 14.1. The van der Waals surface area contributed by atoms with Crippen LogP contribution in [0.4, 0.5) is 26.3 Å². The van der Waals surface area contributed by atoms with Crippen LogP contribution in [0.25, 0.3) is 21.8 Å². The lowest BCUT2D eigenvalue weighted by Crippen LogP contribution is -2.55.